The first-order valence-electron chi connectivity index (χ1n) is 9.66. The zero-order chi connectivity index (χ0) is 18.1. The Morgan fingerprint density at radius 2 is 2.12 bits per heavy atom. The second-order valence-corrected chi connectivity index (χ2v) is 7.60. The van der Waals surface area contributed by atoms with Crippen LogP contribution in [0.15, 0.2) is 40.5 Å². The van der Waals surface area contributed by atoms with Gasteiger partial charge in [-0.2, -0.15) is 0 Å². The van der Waals surface area contributed by atoms with Crippen LogP contribution in [0.5, 0.6) is 0 Å². The van der Waals surface area contributed by atoms with E-state index in [2.05, 4.69) is 45.5 Å². The molecular weight excluding hydrogens is 324 g/mol. The Morgan fingerprint density at radius 3 is 2.85 bits per heavy atom. The minimum absolute atomic E-state index is 0.0812. The Balaban J connectivity index is 1.73. The molecule has 0 amide bonds. The highest BCUT2D eigenvalue weighted by Gasteiger charge is 2.40. The summed E-state index contributed by atoms with van der Waals surface area (Å²) in [6.45, 7) is 2.21. The lowest BCUT2D eigenvalue weighted by Gasteiger charge is -2.46. The second-order valence-electron chi connectivity index (χ2n) is 7.60. The molecule has 138 valence electrons. The largest absolute Gasteiger partial charge is 0.392 e. The van der Waals surface area contributed by atoms with Gasteiger partial charge in [-0.05, 0) is 49.0 Å². The minimum Gasteiger partial charge on any atom is -0.392 e. The van der Waals surface area contributed by atoms with Crippen molar-refractivity contribution in [3.63, 3.8) is 0 Å². The van der Waals surface area contributed by atoms with Crippen molar-refractivity contribution < 1.29 is 5.11 Å². The van der Waals surface area contributed by atoms with Crippen molar-refractivity contribution in [1.29, 1.82) is 0 Å². The number of guanidine groups is 1. The summed E-state index contributed by atoms with van der Waals surface area (Å²) < 4.78 is 0. The molecule has 2 unspecified atom stereocenters. The molecule has 0 radical (unpaired) electrons. The molecule has 0 aromatic heterocycles. The lowest BCUT2D eigenvalue weighted by Crippen LogP contribution is -2.58. The van der Waals surface area contributed by atoms with Gasteiger partial charge in [-0.3, -0.25) is 4.99 Å². The molecule has 1 aliphatic carbocycles. The molecule has 4 rings (SSSR count). The fraction of sp³-hybridized carbons (Fsp3) is 0.524. The van der Waals surface area contributed by atoms with Gasteiger partial charge in [0.05, 0.1) is 6.61 Å². The number of hydrogen-bond donors (Lipinski definition) is 2. The Bertz CT molecular complexity index is 761. The summed E-state index contributed by atoms with van der Waals surface area (Å²) in [4.78, 5) is 11.5. The molecule has 5 nitrogen and oxygen atoms in total. The molecule has 1 aromatic rings. The van der Waals surface area contributed by atoms with E-state index in [4.69, 9.17) is 0 Å². The maximum absolute atomic E-state index is 9.50. The predicted molar refractivity (Wildman–Crippen MR) is 106 cm³/mol. The van der Waals surface area contributed by atoms with Crippen LogP contribution >= 0.6 is 0 Å². The molecule has 5 heteroatoms. The third-order valence-electron chi connectivity index (χ3n) is 5.98. The Hall–Kier alpha value is -2.14. The normalized spacial score (nSPS) is 27.8. The molecule has 0 saturated heterocycles. The number of rotatable bonds is 3. The lowest BCUT2D eigenvalue weighted by atomic mass is 9.84. The maximum atomic E-state index is 9.50. The fourth-order valence-electron chi connectivity index (χ4n) is 4.55. The molecular formula is C21H28N4O. The Kier molecular flexibility index (Phi) is 4.81. The summed E-state index contributed by atoms with van der Waals surface area (Å²) >= 11 is 0. The van der Waals surface area contributed by atoms with Gasteiger partial charge in [-0.1, -0.05) is 31.0 Å². The molecule has 3 aliphatic rings. The van der Waals surface area contributed by atoms with Gasteiger partial charge >= 0.3 is 0 Å². The summed E-state index contributed by atoms with van der Waals surface area (Å²) in [7, 11) is 1.80. The number of aliphatic hydroxyl groups is 1. The Labute approximate surface area is 155 Å². The van der Waals surface area contributed by atoms with E-state index in [1.807, 2.05) is 12.1 Å². The first-order chi connectivity index (χ1) is 12.7. The molecule has 2 atom stereocenters. The number of nitrogens with one attached hydrogen (secondary N) is 1. The average molecular weight is 352 g/mol. The molecule has 2 aliphatic heterocycles. The third kappa shape index (κ3) is 3.16. The summed E-state index contributed by atoms with van der Waals surface area (Å²) in [5.74, 6) is 1.09. The summed E-state index contributed by atoms with van der Waals surface area (Å²) in [5, 5.41) is 13.1. The van der Waals surface area contributed by atoms with Crippen LogP contribution < -0.4 is 5.32 Å². The highest BCUT2D eigenvalue weighted by Crippen LogP contribution is 2.38. The molecule has 0 spiro atoms. The van der Waals surface area contributed by atoms with Gasteiger partial charge in [0.15, 0.2) is 0 Å². The van der Waals surface area contributed by atoms with Gasteiger partial charge < -0.3 is 15.3 Å². The molecule has 1 aromatic carbocycles. The van der Waals surface area contributed by atoms with Gasteiger partial charge in [0.1, 0.15) is 6.17 Å². The van der Waals surface area contributed by atoms with Crippen molar-refractivity contribution in [1.82, 2.24) is 10.2 Å². The van der Waals surface area contributed by atoms with Crippen LogP contribution in [-0.4, -0.2) is 40.9 Å². The van der Waals surface area contributed by atoms with Crippen LogP contribution in [0.3, 0.4) is 0 Å². The fourth-order valence-corrected chi connectivity index (χ4v) is 4.55. The van der Waals surface area contributed by atoms with Crippen LogP contribution in [0.2, 0.25) is 0 Å². The van der Waals surface area contributed by atoms with Gasteiger partial charge in [0.25, 0.3) is 0 Å². The molecule has 1 fully saturated rings. The average Bonchev–Trinajstić information content (AvgIpc) is 3.22. The third-order valence-corrected chi connectivity index (χ3v) is 5.98. The molecule has 2 heterocycles. The van der Waals surface area contributed by atoms with Crippen molar-refractivity contribution in [3.05, 3.63) is 41.6 Å². The van der Waals surface area contributed by atoms with Crippen LogP contribution in [0.25, 0.3) is 5.57 Å². The number of aliphatic imine (C=N–C) groups is 2. The summed E-state index contributed by atoms with van der Waals surface area (Å²) in [5.41, 5.74) is 4.66. The molecule has 0 bridgehead atoms. The predicted octanol–water partition coefficient (Wildman–Crippen LogP) is 3.16. The van der Waals surface area contributed by atoms with Crippen LogP contribution in [-0.2, 0) is 6.61 Å². The van der Waals surface area contributed by atoms with Crippen molar-refractivity contribution in [2.45, 2.75) is 57.8 Å². The van der Waals surface area contributed by atoms with Crippen LogP contribution in [0, 0.1) is 5.92 Å². The number of benzene rings is 1. The van der Waals surface area contributed by atoms with E-state index in [0.29, 0.717) is 12.0 Å². The summed E-state index contributed by atoms with van der Waals surface area (Å²) in [6.07, 6.45) is 8.67. The van der Waals surface area contributed by atoms with Crippen molar-refractivity contribution >= 4 is 17.2 Å². The molecule has 1 saturated carbocycles. The minimum atomic E-state index is 0.0812. The lowest BCUT2D eigenvalue weighted by molar-refractivity contribution is 0.150. The van der Waals surface area contributed by atoms with E-state index in [9.17, 15) is 5.11 Å². The number of fused-ring (bicyclic) bond motifs is 1. The standard InChI is InChI=1S/C21H28N4O/c1-14-19-11-17(16-7-5-6-15(10-16)13-26)12-25(18-8-3-4-9-18)20(19)24-21(22-2)23-14/h5-7,10,12,18-20,26H,3-4,8-9,11,13H2,1-2H3,(H,22,24). The first kappa shape index (κ1) is 17.3. The zero-order valence-electron chi connectivity index (χ0n) is 15.7. The van der Waals surface area contributed by atoms with E-state index < -0.39 is 0 Å². The highest BCUT2D eigenvalue weighted by atomic mass is 16.3. The zero-order valence-corrected chi connectivity index (χ0v) is 15.7. The topological polar surface area (TPSA) is 60.2 Å². The van der Waals surface area contributed by atoms with Gasteiger partial charge in [0.2, 0.25) is 5.96 Å². The van der Waals surface area contributed by atoms with Crippen LogP contribution in [0.4, 0.5) is 0 Å². The number of allylic oxidation sites excluding steroid dienone is 1. The van der Waals surface area contributed by atoms with E-state index in [1.54, 1.807) is 7.05 Å². The number of hydrogen-bond acceptors (Lipinski definition) is 3. The van der Waals surface area contributed by atoms with Crippen molar-refractivity contribution in [3.8, 4) is 0 Å². The van der Waals surface area contributed by atoms with E-state index in [1.165, 1.54) is 36.8 Å². The quantitative estimate of drug-likeness (QED) is 0.878. The number of nitrogens with zero attached hydrogens (tertiary/aromatic N) is 3. The monoisotopic (exact) mass is 352 g/mol. The maximum Gasteiger partial charge on any atom is 0.219 e. The van der Waals surface area contributed by atoms with Gasteiger partial charge in [0, 0.05) is 30.9 Å². The van der Waals surface area contributed by atoms with Crippen molar-refractivity contribution in [2.75, 3.05) is 7.05 Å². The Morgan fingerprint density at radius 1 is 1.31 bits per heavy atom. The van der Waals surface area contributed by atoms with E-state index in [0.717, 1.165) is 23.7 Å². The summed E-state index contributed by atoms with van der Waals surface area (Å²) in [6, 6.07) is 8.86. The van der Waals surface area contributed by atoms with Gasteiger partial charge in [-0.25, -0.2) is 4.99 Å². The SMILES string of the molecule is CN=C1N=C(C)C2CC(c3cccc(CO)c3)=CN(C3CCCC3)C2N1. The molecule has 26 heavy (non-hydrogen) atoms. The van der Waals surface area contributed by atoms with Gasteiger partial charge in [-0.15, -0.1) is 0 Å². The highest BCUT2D eigenvalue weighted by molar-refractivity contribution is 6.01. The molecule has 2 N–H and O–H groups in total. The first-order valence-corrected chi connectivity index (χ1v) is 9.66. The van der Waals surface area contributed by atoms with Crippen LogP contribution in [0.1, 0.15) is 50.2 Å². The second kappa shape index (κ2) is 7.23. The van der Waals surface area contributed by atoms with E-state index in [-0.39, 0.29) is 12.8 Å². The van der Waals surface area contributed by atoms with Crippen molar-refractivity contribution in [2.24, 2.45) is 15.9 Å². The van der Waals surface area contributed by atoms with E-state index >= 15 is 0 Å². The number of aliphatic hydroxyl groups excluding tert-OH is 1. The smallest absolute Gasteiger partial charge is 0.219 e.